The number of esters is 1. The second-order valence-electron chi connectivity index (χ2n) is 10.7. The maximum atomic E-state index is 13.6. The second kappa shape index (κ2) is 11.4. The number of thiazole rings is 1. The molecule has 2 aliphatic heterocycles. The van der Waals surface area contributed by atoms with Gasteiger partial charge in [-0.3, -0.25) is 14.9 Å². The maximum Gasteiger partial charge on any atom is 0.355 e. The van der Waals surface area contributed by atoms with Gasteiger partial charge in [0.15, 0.2) is 0 Å². The molecule has 0 unspecified atom stereocenters. The van der Waals surface area contributed by atoms with E-state index < -0.39 is 22.9 Å². The number of halogens is 1. The largest absolute Gasteiger partial charge is 0.456 e. The zero-order valence-corrected chi connectivity index (χ0v) is 25.9. The third-order valence-corrected chi connectivity index (χ3v) is 10.4. The van der Waals surface area contributed by atoms with Crippen LogP contribution in [0, 0.1) is 22.0 Å². The molecule has 10 nitrogen and oxygen atoms in total. The van der Waals surface area contributed by atoms with Crippen molar-refractivity contribution in [1.29, 1.82) is 0 Å². The van der Waals surface area contributed by atoms with Gasteiger partial charge in [-0.15, -0.1) is 0 Å². The fourth-order valence-electron chi connectivity index (χ4n) is 5.98. The summed E-state index contributed by atoms with van der Waals surface area (Å²) in [6, 6.07) is 13.1. The van der Waals surface area contributed by atoms with Crippen LogP contribution in [0.2, 0.25) is 5.02 Å². The average molecular weight is 640 g/mol. The summed E-state index contributed by atoms with van der Waals surface area (Å²) in [7, 11) is 0. The Kier molecular flexibility index (Phi) is 7.80. The van der Waals surface area contributed by atoms with Crippen LogP contribution in [0.3, 0.4) is 0 Å². The highest BCUT2D eigenvalue weighted by Crippen LogP contribution is 2.52. The highest BCUT2D eigenvalue weighted by molar-refractivity contribution is 7.98. The Balaban J connectivity index is 1.35. The molecule has 2 aromatic heterocycles. The van der Waals surface area contributed by atoms with Crippen LogP contribution in [0.4, 0.5) is 5.69 Å². The Bertz CT molecular complexity index is 1780. The van der Waals surface area contributed by atoms with E-state index in [0.717, 1.165) is 20.3 Å². The Labute approximate surface area is 260 Å². The van der Waals surface area contributed by atoms with Crippen LogP contribution >= 0.6 is 34.7 Å². The van der Waals surface area contributed by atoms with Crippen LogP contribution in [-0.2, 0) is 27.5 Å². The number of rotatable bonds is 9. The van der Waals surface area contributed by atoms with E-state index in [1.165, 1.54) is 40.5 Å². The summed E-state index contributed by atoms with van der Waals surface area (Å²) in [6.45, 7) is 4.12. The number of nitrogens with zero attached hydrogens (tertiary/aromatic N) is 4. The molecule has 43 heavy (non-hydrogen) atoms. The molecule has 0 radical (unpaired) electrons. The minimum atomic E-state index is -0.859. The first-order valence-corrected chi connectivity index (χ1v) is 16.0. The van der Waals surface area contributed by atoms with Crippen LogP contribution in [-0.4, -0.2) is 49.6 Å². The number of hydrogen-bond acceptors (Lipinski definition) is 8. The number of β-lactam (4-membered cyclic amide) rings is 1. The summed E-state index contributed by atoms with van der Waals surface area (Å²) in [5.74, 6) is -1.79. The number of carbonyl (C=O) groups excluding carboxylic acids is 2. The molecule has 1 N–H and O–H groups in total. The Morgan fingerprint density at radius 3 is 2.51 bits per heavy atom. The van der Waals surface area contributed by atoms with Crippen LogP contribution < -0.4 is 4.57 Å². The molecule has 0 aliphatic carbocycles. The van der Waals surface area contributed by atoms with Crippen molar-refractivity contribution in [2.24, 2.45) is 11.8 Å². The third-order valence-electron chi connectivity index (χ3n) is 8.01. The molecule has 1 fully saturated rings. The van der Waals surface area contributed by atoms with E-state index in [4.69, 9.17) is 16.3 Å². The maximum absolute atomic E-state index is 13.6. The number of benzene rings is 2. The number of nitro groups is 1. The number of thioether (sulfide) groups is 1. The minimum Gasteiger partial charge on any atom is -0.456 e. The lowest BCUT2D eigenvalue weighted by molar-refractivity contribution is -0.721. The average Bonchev–Trinajstić information content (AvgIpc) is 3.59. The van der Waals surface area contributed by atoms with E-state index >= 15 is 0 Å². The lowest BCUT2D eigenvalue weighted by Crippen LogP contribution is -2.63. The van der Waals surface area contributed by atoms with Crippen molar-refractivity contribution in [3.05, 3.63) is 97.9 Å². The van der Waals surface area contributed by atoms with Gasteiger partial charge in [-0.25, -0.2) is 9.36 Å². The van der Waals surface area contributed by atoms with Gasteiger partial charge in [-0.05, 0) is 48.6 Å². The van der Waals surface area contributed by atoms with E-state index in [1.54, 1.807) is 18.7 Å². The number of hydrogen-bond donors (Lipinski definition) is 1. The van der Waals surface area contributed by atoms with Crippen molar-refractivity contribution < 1.29 is 28.9 Å². The number of carbonyl (C=O) groups is 2. The number of aliphatic hydroxyl groups excluding tert-OH is 1. The molecule has 4 aromatic rings. The molecule has 0 bridgehead atoms. The first kappa shape index (κ1) is 29.4. The lowest BCUT2D eigenvalue weighted by atomic mass is 9.77. The number of imidazole rings is 1. The lowest BCUT2D eigenvalue weighted by Gasteiger charge is -2.46. The molecule has 0 saturated carbocycles. The monoisotopic (exact) mass is 639 g/mol. The van der Waals surface area contributed by atoms with Crippen molar-refractivity contribution in [1.82, 2.24) is 9.30 Å². The molecule has 6 rings (SSSR count). The van der Waals surface area contributed by atoms with Gasteiger partial charge < -0.3 is 14.7 Å². The van der Waals surface area contributed by atoms with Crippen molar-refractivity contribution in [3.63, 3.8) is 0 Å². The number of aromatic nitrogens is 2. The molecular formula is C30H28ClN4O6S2+. The van der Waals surface area contributed by atoms with Gasteiger partial charge in [0.1, 0.15) is 25.0 Å². The Morgan fingerprint density at radius 1 is 1.21 bits per heavy atom. The van der Waals surface area contributed by atoms with E-state index in [0.29, 0.717) is 22.7 Å². The number of nitro benzene ring substituents is 1. The first-order chi connectivity index (χ1) is 20.6. The van der Waals surface area contributed by atoms with Crippen molar-refractivity contribution in [2.75, 3.05) is 6.26 Å². The molecule has 4 heterocycles. The number of non-ortho nitro benzene ring substituents is 1. The second-order valence-corrected chi connectivity index (χ2v) is 13.0. The van der Waals surface area contributed by atoms with Gasteiger partial charge in [0, 0.05) is 28.6 Å². The van der Waals surface area contributed by atoms with Crippen molar-refractivity contribution in [2.45, 2.75) is 44.2 Å². The molecule has 1 saturated heterocycles. The van der Waals surface area contributed by atoms with Crippen molar-refractivity contribution >= 4 is 62.7 Å². The molecule has 2 aliphatic rings. The quantitative estimate of drug-likeness (QED) is 0.0689. The normalized spacial score (nSPS) is 20.3. The predicted molar refractivity (Wildman–Crippen MR) is 163 cm³/mol. The summed E-state index contributed by atoms with van der Waals surface area (Å²) in [4.78, 5) is 40.6. The Morgan fingerprint density at radius 2 is 1.88 bits per heavy atom. The SMILES string of the molecule is CSc1c2sc(C3=C(C(=O)OCc4ccc([N+](=O)[O-])cc4)N4C(=O)[C@H]([C@@H](C)O)[C@H]4[C@H]3C)cn2c[n+]1Cc1ccc(Cl)cc1. The van der Waals surface area contributed by atoms with Gasteiger partial charge in [0.25, 0.3) is 12.0 Å². The molecule has 2 aromatic carbocycles. The van der Waals surface area contributed by atoms with E-state index in [-0.39, 0.29) is 35.9 Å². The van der Waals surface area contributed by atoms with Crippen LogP contribution in [0.1, 0.15) is 29.9 Å². The van der Waals surface area contributed by atoms with Gasteiger partial charge in [0.2, 0.25) is 15.8 Å². The van der Waals surface area contributed by atoms with Gasteiger partial charge >= 0.3 is 5.97 Å². The number of ether oxygens (including phenoxy) is 1. The van der Waals surface area contributed by atoms with E-state index in [9.17, 15) is 24.8 Å². The molecule has 13 heteroatoms. The minimum absolute atomic E-state index is 0.0592. The molecule has 4 atom stereocenters. The van der Waals surface area contributed by atoms with Crippen LogP contribution in [0.15, 0.2) is 71.8 Å². The van der Waals surface area contributed by atoms with Crippen LogP contribution in [0.5, 0.6) is 0 Å². The number of aliphatic hydroxyl groups is 1. The third kappa shape index (κ3) is 5.12. The molecule has 222 valence electrons. The summed E-state index contributed by atoms with van der Waals surface area (Å²) in [6.07, 6.45) is 5.15. The Hall–Kier alpha value is -3.71. The fourth-order valence-corrected chi connectivity index (χ4v) is 8.28. The van der Waals surface area contributed by atoms with E-state index in [2.05, 4.69) is 4.57 Å². The molecule has 0 spiro atoms. The summed E-state index contributed by atoms with van der Waals surface area (Å²) >= 11 is 9.22. The predicted octanol–water partition coefficient (Wildman–Crippen LogP) is 4.93. The van der Waals surface area contributed by atoms with Crippen LogP contribution in [0.25, 0.3) is 10.4 Å². The smallest absolute Gasteiger partial charge is 0.355 e. The molecular weight excluding hydrogens is 612 g/mol. The standard InChI is InChI=1S/C30H28ClN4O6S2/c1-16-23(22-13-33-15-32(28(42-3)29(33)43-22)12-18-4-8-20(31)9-5-18)26(34-25(16)24(17(2)36)27(34)37)30(38)41-14-19-6-10-21(11-7-19)35(39)40/h4-11,13,15-17,24-25,36H,12,14H2,1-3H3/q+1/t16-,17+,24+,25+/m0/s1. The number of fused-ring (bicyclic) bond motifs is 2. The topological polar surface area (TPSA) is 118 Å². The fraction of sp³-hybridized carbons (Fsp3) is 0.300. The highest BCUT2D eigenvalue weighted by atomic mass is 35.5. The zero-order chi connectivity index (χ0) is 30.6. The summed E-state index contributed by atoms with van der Waals surface area (Å²) in [5.41, 5.74) is 2.53. The zero-order valence-electron chi connectivity index (χ0n) is 23.5. The van der Waals surface area contributed by atoms with Gasteiger partial charge in [0.05, 0.1) is 27.9 Å². The van der Waals surface area contributed by atoms with Gasteiger partial charge in [-0.1, -0.05) is 53.8 Å². The molecule has 1 amide bonds. The summed E-state index contributed by atoms with van der Waals surface area (Å²) < 4.78 is 9.86. The first-order valence-electron chi connectivity index (χ1n) is 13.6. The van der Waals surface area contributed by atoms with Gasteiger partial charge in [-0.2, -0.15) is 4.40 Å². The number of amides is 1. The highest BCUT2D eigenvalue weighted by Gasteiger charge is 2.60. The van der Waals surface area contributed by atoms with E-state index in [1.807, 2.05) is 54.4 Å². The summed E-state index contributed by atoms with van der Waals surface area (Å²) in [5, 5.41) is 23.1. The van der Waals surface area contributed by atoms with Crippen molar-refractivity contribution in [3.8, 4) is 0 Å².